The van der Waals surface area contributed by atoms with Crippen molar-refractivity contribution in [2.45, 2.75) is 31.6 Å². The van der Waals surface area contributed by atoms with Crippen LogP contribution in [0.15, 0.2) is 40.9 Å². The van der Waals surface area contributed by atoms with Gasteiger partial charge in [-0.05, 0) is 34.7 Å². The maximum absolute atomic E-state index is 6.72. The van der Waals surface area contributed by atoms with Gasteiger partial charge in [-0.3, -0.25) is 0 Å². The molecule has 2 aromatic carbocycles. The largest absolute Gasteiger partial charge is 0.493 e. The molecule has 1 atom stereocenters. The van der Waals surface area contributed by atoms with Crippen molar-refractivity contribution in [1.82, 2.24) is 0 Å². The molecule has 0 radical (unpaired) electrons. The summed E-state index contributed by atoms with van der Waals surface area (Å²) in [5.41, 5.74) is 4.73. The number of rotatable bonds is 3. The van der Waals surface area contributed by atoms with E-state index in [1.165, 1.54) is 11.1 Å². The smallest absolute Gasteiger partial charge is 0.127 e. The van der Waals surface area contributed by atoms with Gasteiger partial charge in [0.2, 0.25) is 0 Å². The Morgan fingerprint density at radius 3 is 2.43 bits per heavy atom. The Morgan fingerprint density at radius 2 is 1.76 bits per heavy atom. The molecule has 0 aliphatic carbocycles. The molecule has 1 heterocycles. The molecule has 0 aromatic heterocycles. The van der Waals surface area contributed by atoms with Gasteiger partial charge < -0.3 is 4.74 Å². The molecule has 0 N–H and O–H groups in total. The molecule has 110 valence electrons. The van der Waals surface area contributed by atoms with E-state index in [1.807, 2.05) is 0 Å². The van der Waals surface area contributed by atoms with Crippen molar-refractivity contribution in [3.63, 3.8) is 0 Å². The molecule has 0 spiro atoms. The lowest BCUT2D eigenvalue weighted by atomic mass is 9.97. The Labute approximate surface area is 139 Å². The molecule has 0 saturated heterocycles. The van der Waals surface area contributed by atoms with Crippen LogP contribution in [0.3, 0.4) is 0 Å². The highest BCUT2D eigenvalue weighted by Crippen LogP contribution is 2.41. The summed E-state index contributed by atoms with van der Waals surface area (Å²) in [6.07, 6.45) is 0.956. The lowest BCUT2D eigenvalue weighted by molar-refractivity contribution is 0.353. The number of ether oxygens (including phenoxy) is 1. The second-order valence-corrected chi connectivity index (χ2v) is 7.12. The Kier molecular flexibility index (Phi) is 4.28. The molecule has 0 bridgehead atoms. The Bertz CT molecular complexity index is 649. The average molecular weight is 366 g/mol. The van der Waals surface area contributed by atoms with Crippen LogP contribution in [0.25, 0.3) is 0 Å². The van der Waals surface area contributed by atoms with E-state index < -0.39 is 0 Å². The standard InChI is InChI=1S/C18H18BrClO/c1-11(2)12-3-5-13(6-4-12)17(20)16-10-15(19)9-14-7-8-21-18(14)16/h3-6,9-11,17H,7-8H2,1-2H3. The van der Waals surface area contributed by atoms with Gasteiger partial charge in [0.05, 0.1) is 12.0 Å². The quantitative estimate of drug-likeness (QED) is 0.621. The molecular formula is C18H18BrClO. The molecule has 3 heteroatoms. The van der Waals surface area contributed by atoms with Crippen molar-refractivity contribution < 1.29 is 4.74 Å². The minimum absolute atomic E-state index is 0.185. The number of alkyl halides is 1. The third-order valence-corrected chi connectivity index (χ3v) is 4.89. The molecule has 0 amide bonds. The van der Waals surface area contributed by atoms with Crippen LogP contribution in [0, 0.1) is 0 Å². The summed E-state index contributed by atoms with van der Waals surface area (Å²) >= 11 is 10.3. The SMILES string of the molecule is CC(C)c1ccc(C(Cl)c2cc(Br)cc3c2OCC3)cc1. The van der Waals surface area contributed by atoms with Crippen LogP contribution >= 0.6 is 27.5 Å². The highest BCUT2D eigenvalue weighted by Gasteiger charge is 2.23. The van der Waals surface area contributed by atoms with E-state index in [0.29, 0.717) is 5.92 Å². The molecule has 0 saturated carbocycles. The summed E-state index contributed by atoms with van der Waals surface area (Å²) in [5.74, 6) is 1.50. The van der Waals surface area contributed by atoms with Crippen molar-refractivity contribution in [1.29, 1.82) is 0 Å². The van der Waals surface area contributed by atoms with E-state index in [2.05, 4.69) is 66.2 Å². The second-order valence-electron chi connectivity index (χ2n) is 5.77. The van der Waals surface area contributed by atoms with Gasteiger partial charge in [0.25, 0.3) is 0 Å². The summed E-state index contributed by atoms with van der Waals surface area (Å²) in [6.45, 7) is 5.14. The van der Waals surface area contributed by atoms with Crippen LogP contribution in [0.1, 0.15) is 47.4 Å². The maximum atomic E-state index is 6.72. The van der Waals surface area contributed by atoms with Crippen LogP contribution in [0.4, 0.5) is 0 Å². The molecular weight excluding hydrogens is 348 g/mol. The number of halogens is 2. The summed E-state index contributed by atoms with van der Waals surface area (Å²) in [5, 5.41) is -0.185. The van der Waals surface area contributed by atoms with E-state index in [4.69, 9.17) is 16.3 Å². The van der Waals surface area contributed by atoms with E-state index in [-0.39, 0.29) is 5.38 Å². The van der Waals surface area contributed by atoms with Crippen LogP contribution in [-0.4, -0.2) is 6.61 Å². The maximum Gasteiger partial charge on any atom is 0.127 e. The minimum atomic E-state index is -0.185. The van der Waals surface area contributed by atoms with Gasteiger partial charge in [-0.25, -0.2) is 0 Å². The van der Waals surface area contributed by atoms with Crippen LogP contribution in [-0.2, 0) is 6.42 Å². The van der Waals surface area contributed by atoms with Gasteiger partial charge in [-0.2, -0.15) is 0 Å². The molecule has 1 aliphatic rings. The van der Waals surface area contributed by atoms with E-state index in [0.717, 1.165) is 34.4 Å². The summed E-state index contributed by atoms with van der Waals surface area (Å²) < 4.78 is 6.85. The highest BCUT2D eigenvalue weighted by atomic mass is 79.9. The zero-order valence-electron chi connectivity index (χ0n) is 12.2. The van der Waals surface area contributed by atoms with Crippen LogP contribution in [0.5, 0.6) is 5.75 Å². The predicted molar refractivity (Wildman–Crippen MR) is 91.6 cm³/mol. The fraction of sp³-hybridized carbons (Fsp3) is 0.333. The van der Waals surface area contributed by atoms with Crippen molar-refractivity contribution in [2.75, 3.05) is 6.61 Å². The van der Waals surface area contributed by atoms with Crippen LogP contribution in [0.2, 0.25) is 0 Å². The molecule has 2 aromatic rings. The average Bonchev–Trinajstić information content (AvgIpc) is 2.93. The van der Waals surface area contributed by atoms with Gasteiger partial charge in [0.1, 0.15) is 5.75 Å². The van der Waals surface area contributed by atoms with Gasteiger partial charge in [-0.1, -0.05) is 54.0 Å². The lowest BCUT2D eigenvalue weighted by Crippen LogP contribution is -1.98. The zero-order valence-corrected chi connectivity index (χ0v) is 14.5. The lowest BCUT2D eigenvalue weighted by Gasteiger charge is -2.16. The second kappa shape index (κ2) is 6.02. The topological polar surface area (TPSA) is 9.23 Å². The van der Waals surface area contributed by atoms with E-state index in [9.17, 15) is 0 Å². The fourth-order valence-corrected chi connectivity index (χ4v) is 3.55. The third-order valence-electron chi connectivity index (χ3n) is 3.95. The number of hydrogen-bond acceptors (Lipinski definition) is 1. The molecule has 1 aliphatic heterocycles. The molecule has 1 unspecified atom stereocenters. The van der Waals surface area contributed by atoms with Gasteiger partial charge in [0, 0.05) is 16.5 Å². The number of fused-ring (bicyclic) bond motifs is 1. The first-order valence-corrected chi connectivity index (χ1v) is 8.48. The molecule has 3 rings (SSSR count). The fourth-order valence-electron chi connectivity index (χ4n) is 2.72. The Balaban J connectivity index is 1.97. The van der Waals surface area contributed by atoms with Crippen LogP contribution < -0.4 is 4.74 Å². The third kappa shape index (κ3) is 2.97. The predicted octanol–water partition coefficient (Wildman–Crippen LogP) is 5.84. The van der Waals surface area contributed by atoms with Gasteiger partial charge in [-0.15, -0.1) is 11.6 Å². The molecule has 0 fully saturated rings. The highest BCUT2D eigenvalue weighted by molar-refractivity contribution is 9.10. The summed E-state index contributed by atoms with van der Waals surface area (Å²) in [7, 11) is 0. The molecule has 1 nitrogen and oxygen atoms in total. The Morgan fingerprint density at radius 1 is 1.10 bits per heavy atom. The molecule has 21 heavy (non-hydrogen) atoms. The summed E-state index contributed by atoms with van der Waals surface area (Å²) in [4.78, 5) is 0. The minimum Gasteiger partial charge on any atom is -0.493 e. The van der Waals surface area contributed by atoms with Crippen molar-refractivity contribution in [3.8, 4) is 5.75 Å². The van der Waals surface area contributed by atoms with Crippen molar-refractivity contribution in [3.05, 3.63) is 63.1 Å². The van der Waals surface area contributed by atoms with Gasteiger partial charge >= 0.3 is 0 Å². The first kappa shape index (κ1) is 14.9. The zero-order chi connectivity index (χ0) is 15.0. The van der Waals surface area contributed by atoms with Gasteiger partial charge in [0.15, 0.2) is 0 Å². The van der Waals surface area contributed by atoms with Crippen molar-refractivity contribution in [2.24, 2.45) is 0 Å². The van der Waals surface area contributed by atoms with E-state index >= 15 is 0 Å². The van der Waals surface area contributed by atoms with Crippen molar-refractivity contribution >= 4 is 27.5 Å². The first-order valence-electron chi connectivity index (χ1n) is 7.25. The monoisotopic (exact) mass is 364 g/mol. The first-order chi connectivity index (χ1) is 10.1. The summed E-state index contributed by atoms with van der Waals surface area (Å²) in [6, 6.07) is 12.8. The number of benzene rings is 2. The Hall–Kier alpha value is -0.990. The normalized spacial score (nSPS) is 14.9. The van der Waals surface area contributed by atoms with E-state index in [1.54, 1.807) is 0 Å². The number of hydrogen-bond donors (Lipinski definition) is 0.